The minimum absolute atomic E-state index is 0.0172. The lowest BCUT2D eigenvalue weighted by Gasteiger charge is -2.28. The predicted octanol–water partition coefficient (Wildman–Crippen LogP) is 10.4. The second-order valence-corrected chi connectivity index (χ2v) is 11.3. The molecule has 0 bridgehead atoms. The molecule has 4 nitrogen and oxygen atoms in total. The van der Waals surface area contributed by atoms with E-state index in [1.807, 2.05) is 0 Å². The number of hydrogen-bond acceptors (Lipinski definition) is 2. The van der Waals surface area contributed by atoms with Crippen molar-refractivity contribution < 1.29 is 9.59 Å². The highest BCUT2D eigenvalue weighted by molar-refractivity contribution is 6.19. The van der Waals surface area contributed by atoms with E-state index in [1.165, 1.54) is 116 Å². The quantitative estimate of drug-likeness (QED) is 0.0411. The topological polar surface area (TPSA) is 40.6 Å². The van der Waals surface area contributed by atoms with Gasteiger partial charge in [-0.05, 0) is 12.8 Å². The second-order valence-electron chi connectivity index (χ2n) is 10.8. The van der Waals surface area contributed by atoms with Gasteiger partial charge in [0, 0.05) is 12.8 Å². The standard InChI is InChI=1S/C31H60Cl2N2O2/c1-3-5-7-9-11-13-15-17-19-21-23-25-30(36)34(27-32)29-35(28-33)31(37)26-24-22-20-18-16-14-12-10-8-6-4-2/h3-29H2,1-2H3. The maximum absolute atomic E-state index is 12.6. The fourth-order valence-corrected chi connectivity index (χ4v) is 5.19. The van der Waals surface area contributed by atoms with Gasteiger partial charge in [-0.15, -0.1) is 23.2 Å². The van der Waals surface area contributed by atoms with Crippen molar-refractivity contribution in [2.24, 2.45) is 0 Å². The summed E-state index contributed by atoms with van der Waals surface area (Å²) < 4.78 is 0. The molecule has 0 atom stereocenters. The Morgan fingerprint density at radius 3 is 0.919 bits per heavy atom. The van der Waals surface area contributed by atoms with Gasteiger partial charge in [-0.3, -0.25) is 9.59 Å². The van der Waals surface area contributed by atoms with E-state index in [9.17, 15) is 9.59 Å². The molecule has 0 saturated heterocycles. The molecule has 0 aliphatic rings. The zero-order chi connectivity index (χ0) is 27.4. The largest absolute Gasteiger partial charge is 0.311 e. The molecule has 37 heavy (non-hydrogen) atoms. The lowest BCUT2D eigenvalue weighted by atomic mass is 10.1. The third kappa shape index (κ3) is 23.2. The highest BCUT2D eigenvalue weighted by Crippen LogP contribution is 2.15. The minimum Gasteiger partial charge on any atom is -0.311 e. The lowest BCUT2D eigenvalue weighted by Crippen LogP contribution is -2.43. The summed E-state index contributed by atoms with van der Waals surface area (Å²) in [4.78, 5) is 28.4. The van der Waals surface area contributed by atoms with Crippen LogP contribution in [0.3, 0.4) is 0 Å². The molecule has 0 rings (SSSR count). The number of halogens is 2. The summed E-state index contributed by atoms with van der Waals surface area (Å²) in [7, 11) is 0. The smallest absolute Gasteiger partial charge is 0.224 e. The van der Waals surface area contributed by atoms with Gasteiger partial charge in [-0.1, -0.05) is 142 Å². The van der Waals surface area contributed by atoms with E-state index in [-0.39, 0.29) is 30.5 Å². The van der Waals surface area contributed by atoms with E-state index in [0.29, 0.717) is 12.8 Å². The molecule has 0 N–H and O–H groups in total. The summed E-state index contributed by atoms with van der Waals surface area (Å²) in [6.45, 7) is 4.71. The molecular weight excluding hydrogens is 503 g/mol. The number of hydrogen-bond donors (Lipinski definition) is 0. The van der Waals surface area contributed by atoms with Gasteiger partial charge in [0.25, 0.3) is 0 Å². The first-order valence-corrected chi connectivity index (χ1v) is 16.8. The number of carbonyl (C=O) groups excluding carboxylic acids is 2. The van der Waals surface area contributed by atoms with Crippen LogP contribution in [-0.2, 0) is 9.59 Å². The Bertz CT molecular complexity index is 475. The highest BCUT2D eigenvalue weighted by Gasteiger charge is 2.19. The van der Waals surface area contributed by atoms with E-state index >= 15 is 0 Å². The van der Waals surface area contributed by atoms with Gasteiger partial charge in [0.1, 0.15) is 0 Å². The summed E-state index contributed by atoms with van der Waals surface area (Å²) in [6.07, 6.45) is 28.6. The molecule has 0 heterocycles. The molecule has 0 aromatic heterocycles. The molecular formula is C31H60Cl2N2O2. The average Bonchev–Trinajstić information content (AvgIpc) is 2.90. The normalized spacial score (nSPS) is 11.1. The van der Waals surface area contributed by atoms with Crippen LogP contribution in [0, 0.1) is 0 Å². The molecule has 0 radical (unpaired) electrons. The van der Waals surface area contributed by atoms with Crippen LogP contribution >= 0.6 is 23.2 Å². The summed E-state index contributed by atoms with van der Waals surface area (Å²) >= 11 is 12.1. The van der Waals surface area contributed by atoms with Crippen molar-refractivity contribution in [1.82, 2.24) is 9.80 Å². The zero-order valence-corrected chi connectivity index (χ0v) is 26.1. The maximum atomic E-state index is 12.6. The van der Waals surface area contributed by atoms with Crippen molar-refractivity contribution in [3.05, 3.63) is 0 Å². The van der Waals surface area contributed by atoms with Gasteiger partial charge >= 0.3 is 0 Å². The van der Waals surface area contributed by atoms with Crippen LogP contribution in [0.25, 0.3) is 0 Å². The van der Waals surface area contributed by atoms with Gasteiger partial charge in [0.2, 0.25) is 11.8 Å². The van der Waals surface area contributed by atoms with Crippen molar-refractivity contribution in [2.45, 2.75) is 168 Å². The monoisotopic (exact) mass is 562 g/mol. The van der Waals surface area contributed by atoms with Gasteiger partial charge in [0.15, 0.2) is 0 Å². The first-order valence-electron chi connectivity index (χ1n) is 15.8. The van der Waals surface area contributed by atoms with Gasteiger partial charge in [-0.2, -0.15) is 0 Å². The van der Waals surface area contributed by atoms with Crippen LogP contribution < -0.4 is 0 Å². The molecule has 0 spiro atoms. The van der Waals surface area contributed by atoms with Crippen molar-refractivity contribution in [1.29, 1.82) is 0 Å². The predicted molar refractivity (Wildman–Crippen MR) is 162 cm³/mol. The van der Waals surface area contributed by atoms with Crippen LogP contribution in [0.4, 0.5) is 0 Å². The molecule has 0 aromatic rings. The average molecular weight is 564 g/mol. The number of amides is 2. The molecule has 0 aliphatic heterocycles. The third-order valence-electron chi connectivity index (χ3n) is 7.32. The summed E-state index contributed by atoms with van der Waals surface area (Å²) in [5.74, 6) is 0.0343. The number of carbonyl (C=O) groups is 2. The molecule has 0 saturated carbocycles. The Labute approximate surface area is 240 Å². The van der Waals surface area contributed by atoms with E-state index in [0.717, 1.165) is 25.7 Å². The Morgan fingerprint density at radius 2 is 0.676 bits per heavy atom. The Kier molecular flexibility index (Phi) is 28.2. The Morgan fingerprint density at radius 1 is 0.432 bits per heavy atom. The third-order valence-corrected chi connectivity index (χ3v) is 7.90. The summed E-state index contributed by atoms with van der Waals surface area (Å²) in [5, 5.41) is 0. The number of unbranched alkanes of at least 4 members (excludes halogenated alkanes) is 20. The number of rotatable bonds is 28. The molecule has 2 amide bonds. The van der Waals surface area contributed by atoms with Crippen molar-refractivity contribution >= 4 is 35.0 Å². The number of nitrogens with zero attached hydrogens (tertiary/aromatic N) is 2. The maximum Gasteiger partial charge on any atom is 0.224 e. The van der Waals surface area contributed by atoms with Gasteiger partial charge in [0.05, 0.1) is 18.7 Å². The molecule has 220 valence electrons. The van der Waals surface area contributed by atoms with Crippen molar-refractivity contribution in [2.75, 3.05) is 18.7 Å². The Hall–Kier alpha value is -0.480. The molecule has 0 unspecified atom stereocenters. The summed E-state index contributed by atoms with van der Waals surface area (Å²) in [6, 6.07) is 0.186. The van der Waals surface area contributed by atoms with Gasteiger partial charge < -0.3 is 9.80 Å². The van der Waals surface area contributed by atoms with Crippen LogP contribution in [0.5, 0.6) is 0 Å². The molecule has 0 fully saturated rings. The van der Waals surface area contributed by atoms with E-state index in [4.69, 9.17) is 23.2 Å². The van der Waals surface area contributed by atoms with Crippen LogP contribution in [0.2, 0.25) is 0 Å². The molecule has 6 heteroatoms. The fraction of sp³-hybridized carbons (Fsp3) is 0.935. The fourth-order valence-electron chi connectivity index (χ4n) is 4.77. The van der Waals surface area contributed by atoms with E-state index in [2.05, 4.69) is 13.8 Å². The molecule has 0 aromatic carbocycles. The van der Waals surface area contributed by atoms with E-state index < -0.39 is 0 Å². The Balaban J connectivity index is 3.88. The van der Waals surface area contributed by atoms with Crippen LogP contribution in [0.15, 0.2) is 0 Å². The SMILES string of the molecule is CCCCCCCCCCCCCC(=O)N(CCl)CN(CCl)C(=O)CCCCCCCCCCCCC. The first-order chi connectivity index (χ1) is 18.1. The lowest BCUT2D eigenvalue weighted by molar-refractivity contribution is -0.138. The van der Waals surface area contributed by atoms with Crippen LogP contribution in [-0.4, -0.2) is 40.3 Å². The van der Waals surface area contributed by atoms with Crippen molar-refractivity contribution in [3.8, 4) is 0 Å². The minimum atomic E-state index is 0.0172. The molecule has 0 aliphatic carbocycles. The van der Waals surface area contributed by atoms with E-state index in [1.54, 1.807) is 9.80 Å². The first kappa shape index (κ1) is 36.5. The summed E-state index contributed by atoms with van der Waals surface area (Å²) in [5.41, 5.74) is 0. The highest BCUT2D eigenvalue weighted by atomic mass is 35.5. The van der Waals surface area contributed by atoms with Crippen molar-refractivity contribution in [3.63, 3.8) is 0 Å². The second kappa shape index (κ2) is 28.5. The van der Waals surface area contributed by atoms with Crippen LogP contribution in [0.1, 0.15) is 168 Å². The van der Waals surface area contributed by atoms with Gasteiger partial charge in [-0.25, -0.2) is 0 Å². The zero-order valence-electron chi connectivity index (χ0n) is 24.6. The number of alkyl halides is 2.